The number of ether oxygens (including phenoxy) is 2. The van der Waals surface area contributed by atoms with Crippen LogP contribution in [0.2, 0.25) is 0 Å². The van der Waals surface area contributed by atoms with E-state index < -0.39 is 0 Å². The summed E-state index contributed by atoms with van der Waals surface area (Å²) >= 11 is 0. The van der Waals surface area contributed by atoms with Crippen LogP contribution in [0.1, 0.15) is 44.0 Å². The van der Waals surface area contributed by atoms with E-state index in [0.717, 1.165) is 18.4 Å². The van der Waals surface area contributed by atoms with E-state index in [1.807, 2.05) is 20.8 Å². The molecule has 0 saturated heterocycles. The van der Waals surface area contributed by atoms with Gasteiger partial charge in [0.1, 0.15) is 6.61 Å². The van der Waals surface area contributed by atoms with Gasteiger partial charge in [-0.3, -0.25) is 0 Å². The highest BCUT2D eigenvalue weighted by atomic mass is 16.5. The summed E-state index contributed by atoms with van der Waals surface area (Å²) in [5.74, 6) is 0.681. The fraction of sp³-hybridized carbons (Fsp3) is 0.667. The Kier molecular flexibility index (Phi) is 4.42. The highest BCUT2D eigenvalue weighted by Crippen LogP contribution is 2.26. The van der Waals surface area contributed by atoms with Crippen molar-refractivity contribution >= 4 is 0 Å². The topological polar surface area (TPSA) is 57.4 Å². The molecule has 1 aromatic heterocycles. The molecule has 0 saturated carbocycles. The van der Waals surface area contributed by atoms with Crippen LogP contribution >= 0.6 is 0 Å². The van der Waals surface area contributed by atoms with Crippen LogP contribution in [0.25, 0.3) is 0 Å². The van der Waals surface area contributed by atoms with Crippen molar-refractivity contribution in [3.05, 3.63) is 22.9 Å². The van der Waals surface area contributed by atoms with E-state index in [0.29, 0.717) is 25.6 Å². The molecular formula is C15H24N2O2. The second-order valence-electron chi connectivity index (χ2n) is 5.93. The largest absolute Gasteiger partial charge is 0.475 e. The molecule has 4 nitrogen and oxygen atoms in total. The van der Waals surface area contributed by atoms with Crippen molar-refractivity contribution < 1.29 is 9.47 Å². The summed E-state index contributed by atoms with van der Waals surface area (Å²) in [4.78, 5) is 4.60. The molecule has 0 fully saturated rings. The maximum atomic E-state index is 5.77. The average molecular weight is 264 g/mol. The fourth-order valence-corrected chi connectivity index (χ4v) is 2.26. The van der Waals surface area contributed by atoms with E-state index in [2.05, 4.69) is 11.1 Å². The van der Waals surface area contributed by atoms with Crippen LogP contribution in [0.4, 0.5) is 0 Å². The van der Waals surface area contributed by atoms with Gasteiger partial charge in [-0.15, -0.1) is 0 Å². The van der Waals surface area contributed by atoms with Gasteiger partial charge in [0, 0.05) is 17.8 Å². The average Bonchev–Trinajstić information content (AvgIpc) is 2.79. The summed E-state index contributed by atoms with van der Waals surface area (Å²) in [5, 5.41) is 0. The number of hydrogen-bond donors (Lipinski definition) is 1. The zero-order valence-corrected chi connectivity index (χ0v) is 12.2. The molecule has 19 heavy (non-hydrogen) atoms. The third-order valence-corrected chi connectivity index (χ3v) is 3.17. The summed E-state index contributed by atoms with van der Waals surface area (Å²) in [5.41, 5.74) is 9.13. The second-order valence-corrected chi connectivity index (χ2v) is 5.93. The highest BCUT2D eigenvalue weighted by molar-refractivity contribution is 5.36. The molecular weight excluding hydrogens is 240 g/mol. The van der Waals surface area contributed by atoms with Crippen molar-refractivity contribution in [2.75, 3.05) is 13.2 Å². The zero-order chi connectivity index (χ0) is 13.9. The molecule has 0 radical (unpaired) electrons. The molecule has 0 bridgehead atoms. The monoisotopic (exact) mass is 264 g/mol. The number of nitrogens with two attached hydrogens (primary N) is 1. The molecule has 1 aliphatic rings. The van der Waals surface area contributed by atoms with Gasteiger partial charge in [-0.25, -0.2) is 4.98 Å². The molecule has 0 spiro atoms. The Morgan fingerprint density at radius 1 is 1.26 bits per heavy atom. The van der Waals surface area contributed by atoms with E-state index >= 15 is 0 Å². The van der Waals surface area contributed by atoms with Gasteiger partial charge in [-0.1, -0.05) is 0 Å². The van der Waals surface area contributed by atoms with Crippen LogP contribution in [0, 0.1) is 0 Å². The van der Waals surface area contributed by atoms with Gasteiger partial charge in [-0.2, -0.15) is 0 Å². The van der Waals surface area contributed by atoms with Gasteiger partial charge in [0.2, 0.25) is 5.88 Å². The zero-order valence-electron chi connectivity index (χ0n) is 12.2. The van der Waals surface area contributed by atoms with Crippen molar-refractivity contribution in [1.82, 2.24) is 4.98 Å². The maximum absolute atomic E-state index is 5.77. The lowest BCUT2D eigenvalue weighted by Crippen LogP contribution is -2.23. The number of hydrogen-bond acceptors (Lipinski definition) is 4. The molecule has 0 unspecified atom stereocenters. The van der Waals surface area contributed by atoms with Crippen molar-refractivity contribution in [3.8, 4) is 5.88 Å². The van der Waals surface area contributed by atoms with Gasteiger partial charge in [0.25, 0.3) is 0 Å². The van der Waals surface area contributed by atoms with Crippen molar-refractivity contribution in [1.29, 1.82) is 0 Å². The lowest BCUT2D eigenvalue weighted by atomic mass is 10.1. The van der Waals surface area contributed by atoms with E-state index in [4.69, 9.17) is 15.2 Å². The second kappa shape index (κ2) is 5.88. The number of rotatable bonds is 5. The summed E-state index contributed by atoms with van der Waals surface area (Å²) in [7, 11) is 0. The van der Waals surface area contributed by atoms with Gasteiger partial charge in [0.15, 0.2) is 0 Å². The summed E-state index contributed by atoms with van der Waals surface area (Å²) in [6.45, 7) is 7.64. The standard InChI is InChI=1S/C15H24N2O2/c1-15(2,3)19-8-7-18-14-12(10-16)9-11-5-4-6-13(11)17-14/h9H,4-8,10,16H2,1-3H3. The van der Waals surface area contributed by atoms with E-state index in [1.165, 1.54) is 17.7 Å². The molecule has 1 aliphatic carbocycles. The Balaban J connectivity index is 1.96. The number of fused-ring (bicyclic) bond motifs is 1. The Bertz CT molecular complexity index is 439. The normalized spacial score (nSPS) is 14.5. The van der Waals surface area contributed by atoms with Crippen molar-refractivity contribution in [2.24, 2.45) is 5.73 Å². The number of pyridine rings is 1. The Hall–Kier alpha value is -1.13. The molecule has 0 aliphatic heterocycles. The summed E-state index contributed by atoms with van der Waals surface area (Å²) < 4.78 is 11.4. The third kappa shape index (κ3) is 3.91. The lowest BCUT2D eigenvalue weighted by Gasteiger charge is -2.19. The first-order valence-corrected chi connectivity index (χ1v) is 6.98. The molecule has 0 aromatic carbocycles. The Morgan fingerprint density at radius 3 is 2.74 bits per heavy atom. The number of aryl methyl sites for hydroxylation is 2. The molecule has 4 heteroatoms. The number of aromatic nitrogens is 1. The van der Waals surface area contributed by atoms with E-state index in [-0.39, 0.29) is 5.60 Å². The first kappa shape index (κ1) is 14.3. The molecule has 106 valence electrons. The summed E-state index contributed by atoms with van der Waals surface area (Å²) in [6, 6.07) is 2.15. The molecule has 2 N–H and O–H groups in total. The molecule has 0 atom stereocenters. The predicted molar refractivity (Wildman–Crippen MR) is 75.4 cm³/mol. The first-order valence-electron chi connectivity index (χ1n) is 6.98. The quantitative estimate of drug-likeness (QED) is 0.829. The van der Waals surface area contributed by atoms with E-state index in [9.17, 15) is 0 Å². The molecule has 1 heterocycles. The Morgan fingerprint density at radius 2 is 2.05 bits per heavy atom. The predicted octanol–water partition coefficient (Wildman–Crippen LogP) is 2.22. The van der Waals surface area contributed by atoms with Crippen LogP contribution in [0.15, 0.2) is 6.07 Å². The lowest BCUT2D eigenvalue weighted by molar-refractivity contribution is -0.0169. The van der Waals surface area contributed by atoms with Gasteiger partial charge < -0.3 is 15.2 Å². The maximum Gasteiger partial charge on any atom is 0.218 e. The SMILES string of the molecule is CC(C)(C)OCCOc1nc2c(cc1CN)CCC2. The molecule has 0 amide bonds. The highest BCUT2D eigenvalue weighted by Gasteiger charge is 2.17. The van der Waals surface area contributed by atoms with Gasteiger partial charge >= 0.3 is 0 Å². The van der Waals surface area contributed by atoms with Crippen LogP contribution in [0.5, 0.6) is 5.88 Å². The molecule has 2 rings (SSSR count). The third-order valence-electron chi connectivity index (χ3n) is 3.17. The van der Waals surface area contributed by atoms with E-state index in [1.54, 1.807) is 0 Å². The first-order chi connectivity index (χ1) is 8.99. The van der Waals surface area contributed by atoms with Crippen LogP contribution in [-0.4, -0.2) is 23.8 Å². The van der Waals surface area contributed by atoms with Crippen LogP contribution in [0.3, 0.4) is 0 Å². The van der Waals surface area contributed by atoms with Gasteiger partial charge in [-0.05, 0) is 51.7 Å². The minimum atomic E-state index is -0.134. The van der Waals surface area contributed by atoms with Crippen molar-refractivity contribution in [2.45, 2.75) is 52.2 Å². The van der Waals surface area contributed by atoms with Crippen molar-refractivity contribution in [3.63, 3.8) is 0 Å². The minimum Gasteiger partial charge on any atom is -0.475 e. The minimum absolute atomic E-state index is 0.134. The Labute approximate surface area is 115 Å². The smallest absolute Gasteiger partial charge is 0.218 e. The van der Waals surface area contributed by atoms with Gasteiger partial charge in [0.05, 0.1) is 12.2 Å². The number of nitrogens with zero attached hydrogens (tertiary/aromatic N) is 1. The molecule has 1 aromatic rings. The summed E-state index contributed by atoms with van der Waals surface area (Å²) in [6.07, 6.45) is 3.35. The van der Waals surface area contributed by atoms with Crippen LogP contribution in [-0.2, 0) is 24.1 Å². The van der Waals surface area contributed by atoms with Crippen LogP contribution < -0.4 is 10.5 Å². The fourth-order valence-electron chi connectivity index (χ4n) is 2.26.